The normalized spacial score (nSPS) is 17.1. The number of ether oxygens (including phenoxy) is 1. The van der Waals surface area contributed by atoms with Crippen LogP contribution in [0, 0.1) is 0 Å². The summed E-state index contributed by atoms with van der Waals surface area (Å²) in [6.45, 7) is 1.61. The lowest BCUT2D eigenvalue weighted by Gasteiger charge is -2.22. The first-order valence-electron chi connectivity index (χ1n) is 9.22. The third-order valence-corrected chi connectivity index (χ3v) is 4.20. The van der Waals surface area contributed by atoms with Gasteiger partial charge in [0.05, 0.1) is 12.6 Å². The molecule has 25 heavy (non-hydrogen) atoms. The molecule has 8 heteroatoms. The van der Waals surface area contributed by atoms with Crippen LogP contribution in [0.2, 0.25) is 0 Å². The van der Waals surface area contributed by atoms with E-state index in [1.807, 2.05) is 0 Å². The molecule has 1 aliphatic rings. The summed E-state index contributed by atoms with van der Waals surface area (Å²) < 4.78 is 42.5. The van der Waals surface area contributed by atoms with Crippen molar-refractivity contribution in [1.29, 1.82) is 0 Å². The minimum atomic E-state index is -4.14. The molecule has 0 aromatic heterocycles. The van der Waals surface area contributed by atoms with Gasteiger partial charge in [-0.2, -0.15) is 13.2 Å². The highest BCUT2D eigenvalue weighted by Crippen LogP contribution is 2.20. The van der Waals surface area contributed by atoms with Gasteiger partial charge in [-0.25, -0.2) is 0 Å². The van der Waals surface area contributed by atoms with Crippen molar-refractivity contribution in [2.24, 2.45) is 4.99 Å². The van der Waals surface area contributed by atoms with E-state index in [1.165, 1.54) is 44.1 Å². The number of aliphatic imine (C=N–C) groups is 1. The van der Waals surface area contributed by atoms with Gasteiger partial charge < -0.3 is 15.4 Å². The quantitative estimate of drug-likeness (QED) is 0.355. The first-order chi connectivity index (χ1) is 11.9. The molecule has 5 nitrogen and oxygen atoms in total. The predicted octanol–water partition coefficient (Wildman–Crippen LogP) is 2.78. The Morgan fingerprint density at radius 2 is 1.76 bits per heavy atom. The average molecular weight is 366 g/mol. The van der Waals surface area contributed by atoms with Gasteiger partial charge in [0.25, 0.3) is 0 Å². The largest absolute Gasteiger partial charge is 0.401 e. The molecule has 0 heterocycles. The lowest BCUT2D eigenvalue weighted by molar-refractivity contribution is -0.143. The van der Waals surface area contributed by atoms with E-state index in [2.05, 4.69) is 15.6 Å². The van der Waals surface area contributed by atoms with Gasteiger partial charge in [0.1, 0.15) is 0 Å². The van der Waals surface area contributed by atoms with E-state index in [9.17, 15) is 13.2 Å². The van der Waals surface area contributed by atoms with Gasteiger partial charge in [0.2, 0.25) is 0 Å². The van der Waals surface area contributed by atoms with Gasteiger partial charge in [-0.1, -0.05) is 19.3 Å². The SMILES string of the molecule is CN=C(NCCCOC1CCCCC1)NCCCN(C)CC(F)(F)F. The molecule has 148 valence electrons. The van der Waals surface area contributed by atoms with Gasteiger partial charge >= 0.3 is 6.18 Å². The van der Waals surface area contributed by atoms with Crippen LogP contribution < -0.4 is 10.6 Å². The first kappa shape index (κ1) is 22.0. The Bertz CT molecular complexity index is 371. The lowest BCUT2D eigenvalue weighted by atomic mass is 9.98. The molecule has 0 atom stereocenters. The van der Waals surface area contributed by atoms with Crippen molar-refractivity contribution in [3.8, 4) is 0 Å². The van der Waals surface area contributed by atoms with Gasteiger partial charge in [0.15, 0.2) is 5.96 Å². The standard InChI is InChI=1S/C17H33F3N4O/c1-21-16(22-10-6-12-24(2)14-17(18,19)20)23-11-7-13-25-15-8-4-3-5-9-15/h15H,3-14H2,1-2H3,(H2,21,22,23). The number of alkyl halides is 3. The third-order valence-electron chi connectivity index (χ3n) is 4.20. The molecule has 0 amide bonds. The molecule has 2 N–H and O–H groups in total. The summed E-state index contributed by atoms with van der Waals surface area (Å²) in [5.74, 6) is 0.677. The van der Waals surface area contributed by atoms with Gasteiger partial charge in [-0.15, -0.1) is 0 Å². The van der Waals surface area contributed by atoms with E-state index in [0.717, 1.165) is 19.6 Å². The van der Waals surface area contributed by atoms with E-state index in [4.69, 9.17) is 4.74 Å². The van der Waals surface area contributed by atoms with Crippen LogP contribution in [0.25, 0.3) is 0 Å². The maximum atomic E-state index is 12.2. The summed E-state index contributed by atoms with van der Waals surface area (Å²) >= 11 is 0. The van der Waals surface area contributed by atoms with Crippen molar-refractivity contribution in [3.63, 3.8) is 0 Å². The van der Waals surface area contributed by atoms with Gasteiger partial charge in [-0.05, 0) is 39.3 Å². The summed E-state index contributed by atoms with van der Waals surface area (Å²) in [5, 5.41) is 6.32. The number of rotatable bonds is 10. The van der Waals surface area contributed by atoms with E-state index in [0.29, 0.717) is 31.6 Å². The minimum Gasteiger partial charge on any atom is -0.378 e. The number of guanidine groups is 1. The van der Waals surface area contributed by atoms with E-state index in [1.54, 1.807) is 7.05 Å². The summed E-state index contributed by atoms with van der Waals surface area (Å²) in [7, 11) is 3.16. The number of hydrogen-bond donors (Lipinski definition) is 2. The Morgan fingerprint density at radius 3 is 2.36 bits per heavy atom. The molecule has 1 rings (SSSR count). The molecule has 0 unspecified atom stereocenters. The molecule has 0 aromatic rings. The van der Waals surface area contributed by atoms with Crippen LogP contribution in [0.1, 0.15) is 44.9 Å². The number of nitrogens with one attached hydrogen (secondary N) is 2. The second-order valence-corrected chi connectivity index (χ2v) is 6.62. The highest BCUT2D eigenvalue weighted by Gasteiger charge is 2.28. The number of halogens is 3. The molecule has 0 radical (unpaired) electrons. The predicted molar refractivity (Wildman–Crippen MR) is 95.0 cm³/mol. The Hall–Kier alpha value is -1.02. The second kappa shape index (κ2) is 12.4. The zero-order valence-electron chi connectivity index (χ0n) is 15.5. The summed E-state index contributed by atoms with van der Waals surface area (Å²) in [4.78, 5) is 5.39. The highest BCUT2D eigenvalue weighted by molar-refractivity contribution is 5.79. The maximum Gasteiger partial charge on any atom is 0.401 e. The van der Waals surface area contributed by atoms with Gasteiger partial charge in [0, 0.05) is 26.7 Å². The molecule has 1 saturated carbocycles. The molecule has 0 spiro atoms. The zero-order valence-corrected chi connectivity index (χ0v) is 15.5. The Morgan fingerprint density at radius 1 is 1.12 bits per heavy atom. The second-order valence-electron chi connectivity index (χ2n) is 6.62. The van der Waals surface area contributed by atoms with Crippen molar-refractivity contribution >= 4 is 5.96 Å². The molecular formula is C17H33F3N4O. The summed E-state index contributed by atoms with van der Waals surface area (Å²) in [6.07, 6.45) is 4.06. The molecular weight excluding hydrogens is 333 g/mol. The van der Waals surface area contributed by atoms with Crippen LogP contribution in [-0.4, -0.2) is 70.0 Å². The van der Waals surface area contributed by atoms with Crippen molar-refractivity contribution in [2.45, 2.75) is 57.2 Å². The summed E-state index contributed by atoms with van der Waals surface area (Å²) in [6, 6.07) is 0. The number of hydrogen-bond acceptors (Lipinski definition) is 3. The fourth-order valence-corrected chi connectivity index (χ4v) is 2.92. The van der Waals surface area contributed by atoms with Crippen molar-refractivity contribution in [3.05, 3.63) is 0 Å². The fraction of sp³-hybridized carbons (Fsp3) is 0.941. The van der Waals surface area contributed by atoms with Crippen LogP contribution in [0.15, 0.2) is 4.99 Å². The molecule has 0 aliphatic heterocycles. The van der Waals surface area contributed by atoms with Crippen LogP contribution in [0.5, 0.6) is 0 Å². The minimum absolute atomic E-state index is 0.388. The molecule has 0 bridgehead atoms. The average Bonchev–Trinajstić information content (AvgIpc) is 2.55. The number of nitrogens with zero attached hydrogens (tertiary/aromatic N) is 2. The maximum absolute atomic E-state index is 12.2. The van der Waals surface area contributed by atoms with Crippen molar-refractivity contribution in [2.75, 3.05) is 46.9 Å². The van der Waals surface area contributed by atoms with Gasteiger partial charge in [-0.3, -0.25) is 9.89 Å². The molecule has 1 fully saturated rings. The highest BCUT2D eigenvalue weighted by atomic mass is 19.4. The molecule has 0 aromatic carbocycles. The third kappa shape index (κ3) is 12.0. The Balaban J connectivity index is 2.00. The monoisotopic (exact) mass is 366 g/mol. The lowest BCUT2D eigenvalue weighted by Crippen LogP contribution is -2.39. The van der Waals surface area contributed by atoms with Crippen molar-refractivity contribution in [1.82, 2.24) is 15.5 Å². The topological polar surface area (TPSA) is 48.9 Å². The van der Waals surface area contributed by atoms with Crippen LogP contribution in [0.4, 0.5) is 13.2 Å². The Labute approximate surface area is 149 Å². The Kier molecular flexibility index (Phi) is 10.9. The van der Waals surface area contributed by atoms with E-state index >= 15 is 0 Å². The van der Waals surface area contributed by atoms with Crippen molar-refractivity contribution < 1.29 is 17.9 Å². The van der Waals surface area contributed by atoms with Crippen LogP contribution in [0.3, 0.4) is 0 Å². The van der Waals surface area contributed by atoms with Crippen LogP contribution >= 0.6 is 0 Å². The fourth-order valence-electron chi connectivity index (χ4n) is 2.92. The van der Waals surface area contributed by atoms with Crippen LogP contribution in [-0.2, 0) is 4.74 Å². The molecule has 0 saturated heterocycles. The summed E-state index contributed by atoms with van der Waals surface area (Å²) in [5.41, 5.74) is 0. The molecule has 1 aliphatic carbocycles. The smallest absolute Gasteiger partial charge is 0.378 e. The van der Waals surface area contributed by atoms with E-state index in [-0.39, 0.29) is 0 Å². The van der Waals surface area contributed by atoms with E-state index < -0.39 is 12.7 Å². The zero-order chi connectivity index (χ0) is 18.5. The first-order valence-corrected chi connectivity index (χ1v) is 9.22.